The number of nitro benzene ring substituents is 1. The second-order valence-corrected chi connectivity index (χ2v) is 4.08. The molecular weight excluding hydrogens is 264 g/mol. The van der Waals surface area contributed by atoms with E-state index in [0.29, 0.717) is 18.0 Å². The Hall–Kier alpha value is -2.48. The molecule has 106 valence electrons. The Morgan fingerprint density at radius 1 is 1.55 bits per heavy atom. The molecule has 1 aromatic heterocycles. The van der Waals surface area contributed by atoms with Crippen molar-refractivity contribution in [1.29, 1.82) is 0 Å². The third kappa shape index (κ3) is 2.75. The minimum Gasteiger partial charge on any atom is -0.398 e. The third-order valence-electron chi connectivity index (χ3n) is 2.70. The first-order chi connectivity index (χ1) is 9.52. The van der Waals surface area contributed by atoms with E-state index in [9.17, 15) is 10.1 Å². The first kappa shape index (κ1) is 13.9. The van der Waals surface area contributed by atoms with Crippen molar-refractivity contribution >= 4 is 11.4 Å². The molecular formula is C12H14N4O4. The maximum absolute atomic E-state index is 10.6. The lowest BCUT2D eigenvalue weighted by molar-refractivity contribution is -0.384. The molecule has 0 fully saturated rings. The van der Waals surface area contributed by atoms with Crippen molar-refractivity contribution in [3.63, 3.8) is 0 Å². The number of rotatable bonds is 5. The highest BCUT2D eigenvalue weighted by atomic mass is 16.6. The van der Waals surface area contributed by atoms with Crippen LogP contribution < -0.4 is 5.73 Å². The monoisotopic (exact) mass is 278 g/mol. The quantitative estimate of drug-likeness (QED) is 0.506. The number of hydrogen-bond acceptors (Lipinski definition) is 7. The van der Waals surface area contributed by atoms with Crippen molar-refractivity contribution in [2.24, 2.45) is 0 Å². The van der Waals surface area contributed by atoms with E-state index in [2.05, 4.69) is 10.1 Å². The Bertz CT molecular complexity index is 626. The number of nitrogens with two attached hydrogens (primary N) is 1. The standard InChI is InChI=1S/C12H14N4O4/c1-3-19-7(2)11-14-12(20-15-11)9-5-4-8(16(17)18)6-10(9)13/h4-7H,3,13H2,1-2H3. The van der Waals surface area contributed by atoms with Crippen LogP contribution in [0.25, 0.3) is 11.5 Å². The van der Waals surface area contributed by atoms with Crippen molar-refractivity contribution < 1.29 is 14.2 Å². The third-order valence-corrected chi connectivity index (χ3v) is 2.70. The summed E-state index contributed by atoms with van der Waals surface area (Å²) < 4.78 is 10.5. The highest BCUT2D eigenvalue weighted by Gasteiger charge is 2.18. The van der Waals surface area contributed by atoms with Crippen LogP contribution in [0.3, 0.4) is 0 Å². The van der Waals surface area contributed by atoms with Crippen LogP contribution in [-0.4, -0.2) is 21.7 Å². The fourth-order valence-electron chi connectivity index (χ4n) is 1.69. The van der Waals surface area contributed by atoms with Gasteiger partial charge >= 0.3 is 0 Å². The summed E-state index contributed by atoms with van der Waals surface area (Å²) >= 11 is 0. The average Bonchev–Trinajstić information content (AvgIpc) is 2.88. The fourth-order valence-corrected chi connectivity index (χ4v) is 1.69. The van der Waals surface area contributed by atoms with Crippen molar-refractivity contribution in [1.82, 2.24) is 10.1 Å². The molecule has 0 aliphatic carbocycles. The molecule has 0 saturated heterocycles. The van der Waals surface area contributed by atoms with Crippen LogP contribution in [-0.2, 0) is 4.74 Å². The van der Waals surface area contributed by atoms with Gasteiger partial charge in [0.05, 0.1) is 16.2 Å². The molecule has 0 saturated carbocycles. The average molecular weight is 278 g/mol. The van der Waals surface area contributed by atoms with Gasteiger partial charge in [0.15, 0.2) is 0 Å². The van der Waals surface area contributed by atoms with Gasteiger partial charge in [-0.3, -0.25) is 10.1 Å². The van der Waals surface area contributed by atoms with Crippen LogP contribution in [0.4, 0.5) is 11.4 Å². The predicted octanol–water partition coefficient (Wildman–Crippen LogP) is 2.32. The number of hydrogen-bond donors (Lipinski definition) is 1. The second-order valence-electron chi connectivity index (χ2n) is 4.08. The molecule has 1 atom stereocenters. The van der Waals surface area contributed by atoms with Crippen LogP contribution >= 0.6 is 0 Å². The Morgan fingerprint density at radius 2 is 2.30 bits per heavy atom. The molecule has 8 nitrogen and oxygen atoms in total. The molecule has 2 aromatic rings. The fraction of sp³-hybridized carbons (Fsp3) is 0.333. The topological polar surface area (TPSA) is 117 Å². The molecule has 1 heterocycles. The lowest BCUT2D eigenvalue weighted by Crippen LogP contribution is -2.01. The lowest BCUT2D eigenvalue weighted by atomic mass is 10.1. The molecule has 0 amide bonds. The summed E-state index contributed by atoms with van der Waals surface area (Å²) in [7, 11) is 0. The van der Waals surface area contributed by atoms with Gasteiger partial charge < -0.3 is 15.0 Å². The Balaban J connectivity index is 2.30. The SMILES string of the molecule is CCOC(C)c1noc(-c2ccc([N+](=O)[O-])cc2N)n1. The highest BCUT2D eigenvalue weighted by Crippen LogP contribution is 2.29. The second kappa shape index (κ2) is 5.66. The van der Waals surface area contributed by atoms with E-state index in [4.69, 9.17) is 15.0 Å². The lowest BCUT2D eigenvalue weighted by Gasteiger charge is -2.04. The molecule has 0 bridgehead atoms. The molecule has 8 heteroatoms. The summed E-state index contributed by atoms with van der Waals surface area (Å²) in [6, 6.07) is 4.07. The number of ether oxygens (including phenoxy) is 1. The number of anilines is 1. The summed E-state index contributed by atoms with van der Waals surface area (Å²) in [5.41, 5.74) is 6.35. The minimum absolute atomic E-state index is 0.0892. The summed E-state index contributed by atoms with van der Waals surface area (Å²) in [6.45, 7) is 4.20. The van der Waals surface area contributed by atoms with E-state index in [0.717, 1.165) is 0 Å². The molecule has 0 aliphatic rings. The van der Waals surface area contributed by atoms with Crippen LogP contribution in [0.2, 0.25) is 0 Å². The largest absolute Gasteiger partial charge is 0.398 e. The number of non-ortho nitro benzene ring substituents is 1. The summed E-state index contributed by atoms with van der Waals surface area (Å²) in [5, 5.41) is 14.5. The molecule has 0 aliphatic heterocycles. The zero-order valence-corrected chi connectivity index (χ0v) is 11.1. The van der Waals surface area contributed by atoms with Crippen molar-refractivity contribution in [2.45, 2.75) is 20.0 Å². The van der Waals surface area contributed by atoms with E-state index >= 15 is 0 Å². The van der Waals surface area contributed by atoms with Gasteiger partial charge in [0, 0.05) is 18.7 Å². The molecule has 0 radical (unpaired) electrons. The normalized spacial score (nSPS) is 12.3. The zero-order valence-electron chi connectivity index (χ0n) is 11.1. The Kier molecular flexibility index (Phi) is 3.94. The number of benzene rings is 1. The van der Waals surface area contributed by atoms with Gasteiger partial charge in [-0.1, -0.05) is 5.16 Å². The van der Waals surface area contributed by atoms with Gasteiger partial charge in [0.2, 0.25) is 5.82 Å². The number of aromatic nitrogens is 2. The number of nitrogens with zero attached hydrogens (tertiary/aromatic N) is 3. The smallest absolute Gasteiger partial charge is 0.271 e. The van der Waals surface area contributed by atoms with E-state index in [1.54, 1.807) is 6.92 Å². The number of nitrogen functional groups attached to an aromatic ring is 1. The van der Waals surface area contributed by atoms with Gasteiger partial charge in [-0.15, -0.1) is 0 Å². The first-order valence-corrected chi connectivity index (χ1v) is 6.02. The molecule has 1 unspecified atom stereocenters. The highest BCUT2D eigenvalue weighted by molar-refractivity contribution is 5.72. The zero-order chi connectivity index (χ0) is 14.7. The summed E-state index contributed by atoms with van der Waals surface area (Å²) in [4.78, 5) is 14.3. The molecule has 0 spiro atoms. The van der Waals surface area contributed by atoms with Crippen LogP contribution in [0.15, 0.2) is 22.7 Å². The maximum Gasteiger partial charge on any atom is 0.271 e. The van der Waals surface area contributed by atoms with Crippen molar-refractivity contribution in [2.75, 3.05) is 12.3 Å². The Morgan fingerprint density at radius 3 is 2.90 bits per heavy atom. The van der Waals surface area contributed by atoms with E-state index in [-0.39, 0.29) is 23.4 Å². The predicted molar refractivity (Wildman–Crippen MR) is 70.8 cm³/mol. The summed E-state index contributed by atoms with van der Waals surface area (Å²) in [5.74, 6) is 0.610. The van der Waals surface area contributed by atoms with Crippen LogP contribution in [0.1, 0.15) is 25.8 Å². The number of nitro groups is 1. The maximum atomic E-state index is 10.6. The van der Waals surface area contributed by atoms with Crippen molar-refractivity contribution in [3.8, 4) is 11.5 Å². The van der Waals surface area contributed by atoms with E-state index in [1.165, 1.54) is 18.2 Å². The van der Waals surface area contributed by atoms with Gasteiger partial charge in [0.25, 0.3) is 11.6 Å². The van der Waals surface area contributed by atoms with Crippen LogP contribution in [0.5, 0.6) is 0 Å². The molecule has 1 aromatic carbocycles. The minimum atomic E-state index is -0.517. The van der Waals surface area contributed by atoms with Gasteiger partial charge in [-0.25, -0.2) is 0 Å². The molecule has 20 heavy (non-hydrogen) atoms. The van der Waals surface area contributed by atoms with E-state index < -0.39 is 4.92 Å². The summed E-state index contributed by atoms with van der Waals surface area (Å²) in [6.07, 6.45) is -0.295. The van der Waals surface area contributed by atoms with Gasteiger partial charge in [-0.05, 0) is 19.9 Å². The van der Waals surface area contributed by atoms with Crippen LogP contribution in [0, 0.1) is 10.1 Å². The first-order valence-electron chi connectivity index (χ1n) is 6.02. The van der Waals surface area contributed by atoms with Gasteiger partial charge in [0.1, 0.15) is 6.10 Å². The van der Waals surface area contributed by atoms with Crippen molar-refractivity contribution in [3.05, 3.63) is 34.1 Å². The van der Waals surface area contributed by atoms with Gasteiger partial charge in [-0.2, -0.15) is 4.98 Å². The molecule has 2 N–H and O–H groups in total. The Labute approximate surface area is 114 Å². The van der Waals surface area contributed by atoms with E-state index in [1.807, 2.05) is 6.92 Å². The molecule has 2 rings (SSSR count).